The highest BCUT2D eigenvalue weighted by atomic mass is 16.2. The first-order valence-electron chi connectivity index (χ1n) is 7.50. The molecule has 112 valence electrons. The van der Waals surface area contributed by atoms with E-state index in [2.05, 4.69) is 0 Å². The molecule has 0 saturated carbocycles. The van der Waals surface area contributed by atoms with Crippen molar-refractivity contribution < 1.29 is 9.59 Å². The summed E-state index contributed by atoms with van der Waals surface area (Å²) in [5.74, 6) is 0.149. The molecule has 1 atom stereocenters. The molecule has 0 spiro atoms. The maximum atomic E-state index is 12.6. The number of amides is 1. The first-order chi connectivity index (χ1) is 10.5. The number of benzene rings is 2. The highest BCUT2D eigenvalue weighted by Gasteiger charge is 2.45. The molecule has 0 fully saturated rings. The summed E-state index contributed by atoms with van der Waals surface area (Å²) in [6.45, 7) is 1.94. The number of ketones is 1. The Morgan fingerprint density at radius 1 is 1.05 bits per heavy atom. The number of hydrogen-bond donors (Lipinski definition) is 0. The molecular formula is C19H19NO2. The van der Waals surface area contributed by atoms with Crippen LogP contribution >= 0.6 is 0 Å². The van der Waals surface area contributed by atoms with Crippen LogP contribution in [0.1, 0.15) is 35.7 Å². The van der Waals surface area contributed by atoms with E-state index in [-0.39, 0.29) is 11.7 Å². The van der Waals surface area contributed by atoms with Crippen molar-refractivity contribution >= 4 is 17.4 Å². The van der Waals surface area contributed by atoms with E-state index in [0.717, 1.165) is 11.3 Å². The molecule has 1 aliphatic heterocycles. The summed E-state index contributed by atoms with van der Waals surface area (Å²) in [6.07, 6.45) is 0.898. The van der Waals surface area contributed by atoms with Crippen LogP contribution in [0.5, 0.6) is 0 Å². The number of anilines is 1. The molecule has 3 nitrogen and oxygen atoms in total. The van der Waals surface area contributed by atoms with E-state index in [9.17, 15) is 9.59 Å². The fourth-order valence-electron chi connectivity index (χ4n) is 3.20. The highest BCUT2D eigenvalue weighted by Crippen LogP contribution is 2.43. The average molecular weight is 293 g/mol. The van der Waals surface area contributed by atoms with Crippen molar-refractivity contribution in [1.82, 2.24) is 0 Å². The molecule has 1 aliphatic rings. The minimum absolute atomic E-state index is 0.0644. The van der Waals surface area contributed by atoms with Crippen molar-refractivity contribution in [2.24, 2.45) is 0 Å². The molecule has 1 heterocycles. The lowest BCUT2D eigenvalue weighted by Crippen LogP contribution is -2.36. The largest absolute Gasteiger partial charge is 0.314 e. The van der Waals surface area contributed by atoms with E-state index in [1.54, 1.807) is 11.9 Å². The lowest BCUT2D eigenvalue weighted by Gasteiger charge is -2.22. The Kier molecular flexibility index (Phi) is 3.57. The molecule has 0 saturated heterocycles. The third kappa shape index (κ3) is 2.23. The summed E-state index contributed by atoms with van der Waals surface area (Å²) in [5, 5.41) is 0. The van der Waals surface area contributed by atoms with Crippen LogP contribution in [-0.4, -0.2) is 18.7 Å². The molecular weight excluding hydrogens is 274 g/mol. The first-order valence-corrected chi connectivity index (χ1v) is 7.50. The Morgan fingerprint density at radius 2 is 1.68 bits per heavy atom. The van der Waals surface area contributed by atoms with Gasteiger partial charge in [0.05, 0.1) is 5.41 Å². The molecule has 3 heteroatoms. The molecule has 2 aromatic carbocycles. The van der Waals surface area contributed by atoms with E-state index in [4.69, 9.17) is 0 Å². The number of rotatable bonds is 4. The van der Waals surface area contributed by atoms with E-state index >= 15 is 0 Å². The maximum Gasteiger partial charge on any atom is 0.237 e. The molecule has 2 aromatic rings. The van der Waals surface area contributed by atoms with Crippen molar-refractivity contribution in [1.29, 1.82) is 0 Å². The Hall–Kier alpha value is -2.42. The quantitative estimate of drug-likeness (QED) is 0.808. The second kappa shape index (κ2) is 5.41. The van der Waals surface area contributed by atoms with Gasteiger partial charge >= 0.3 is 0 Å². The maximum absolute atomic E-state index is 12.6. The molecule has 0 radical (unpaired) electrons. The van der Waals surface area contributed by atoms with Gasteiger partial charge < -0.3 is 4.90 Å². The highest BCUT2D eigenvalue weighted by molar-refractivity contribution is 6.08. The SMILES string of the molecule is CN1C(=O)C(C)(CCC(=O)c2ccccc2)c2ccccc21. The number of carbonyl (C=O) groups excluding carboxylic acids is 2. The Morgan fingerprint density at radius 3 is 2.41 bits per heavy atom. The number of para-hydroxylation sites is 1. The van der Waals surface area contributed by atoms with Crippen molar-refractivity contribution in [3.63, 3.8) is 0 Å². The number of likely N-dealkylation sites (N-methyl/N-ethyl adjacent to an activating group) is 1. The summed E-state index contributed by atoms with van der Waals surface area (Å²) < 4.78 is 0. The van der Waals surface area contributed by atoms with Crippen molar-refractivity contribution in [3.8, 4) is 0 Å². The van der Waals surface area contributed by atoms with E-state index in [1.165, 1.54) is 0 Å². The van der Waals surface area contributed by atoms with Gasteiger partial charge in [0, 0.05) is 24.7 Å². The third-order valence-corrected chi connectivity index (χ3v) is 4.58. The molecule has 0 aromatic heterocycles. The number of nitrogens with zero attached hydrogens (tertiary/aromatic N) is 1. The van der Waals surface area contributed by atoms with E-state index in [1.807, 2.05) is 61.5 Å². The van der Waals surface area contributed by atoms with E-state index < -0.39 is 5.41 Å². The fraction of sp³-hybridized carbons (Fsp3) is 0.263. The smallest absolute Gasteiger partial charge is 0.237 e. The van der Waals surface area contributed by atoms with Gasteiger partial charge in [-0.05, 0) is 25.0 Å². The van der Waals surface area contributed by atoms with Crippen LogP contribution in [0, 0.1) is 0 Å². The van der Waals surface area contributed by atoms with Crippen LogP contribution in [0.3, 0.4) is 0 Å². The lowest BCUT2D eigenvalue weighted by atomic mass is 9.79. The van der Waals surface area contributed by atoms with Crippen molar-refractivity contribution in [2.75, 3.05) is 11.9 Å². The molecule has 0 aliphatic carbocycles. The average Bonchev–Trinajstić information content (AvgIpc) is 2.76. The standard InChI is InChI=1S/C19H19NO2/c1-19(13-12-17(21)14-8-4-3-5-9-14)15-10-6-7-11-16(15)20(2)18(19)22/h3-11H,12-13H2,1-2H3. The Balaban J connectivity index is 1.83. The number of fused-ring (bicyclic) bond motifs is 1. The van der Waals surface area contributed by atoms with Gasteiger partial charge in [0.1, 0.15) is 0 Å². The summed E-state index contributed by atoms with van der Waals surface area (Å²) in [4.78, 5) is 26.7. The topological polar surface area (TPSA) is 37.4 Å². The number of hydrogen-bond acceptors (Lipinski definition) is 2. The second-order valence-electron chi connectivity index (χ2n) is 6.00. The summed E-state index contributed by atoms with van der Waals surface area (Å²) in [6, 6.07) is 17.1. The molecule has 22 heavy (non-hydrogen) atoms. The van der Waals surface area contributed by atoms with E-state index in [0.29, 0.717) is 18.4 Å². The normalized spacial score (nSPS) is 20.1. The molecule has 0 bridgehead atoms. The third-order valence-electron chi connectivity index (χ3n) is 4.58. The molecule has 3 rings (SSSR count). The molecule has 1 amide bonds. The second-order valence-corrected chi connectivity index (χ2v) is 6.00. The Labute approximate surface area is 130 Å². The minimum Gasteiger partial charge on any atom is -0.314 e. The summed E-state index contributed by atoms with van der Waals surface area (Å²) in [5.41, 5.74) is 2.05. The van der Waals surface area contributed by atoms with Gasteiger partial charge in [0.25, 0.3) is 0 Å². The van der Waals surface area contributed by atoms with Crippen LogP contribution < -0.4 is 4.90 Å². The van der Waals surface area contributed by atoms with Gasteiger partial charge in [0.2, 0.25) is 5.91 Å². The minimum atomic E-state index is -0.615. The van der Waals surface area contributed by atoms with Gasteiger partial charge in [-0.3, -0.25) is 9.59 Å². The number of carbonyl (C=O) groups is 2. The van der Waals surface area contributed by atoms with Gasteiger partial charge in [0.15, 0.2) is 5.78 Å². The summed E-state index contributed by atoms with van der Waals surface area (Å²) in [7, 11) is 1.80. The predicted octanol–water partition coefficient (Wildman–Crippen LogP) is 3.58. The van der Waals surface area contributed by atoms with Crippen molar-refractivity contribution in [3.05, 3.63) is 65.7 Å². The van der Waals surface area contributed by atoms with Crippen LogP contribution in [0.2, 0.25) is 0 Å². The zero-order valence-electron chi connectivity index (χ0n) is 12.9. The number of Topliss-reactive ketones (excluding diaryl/α,β-unsaturated/α-hetero) is 1. The monoisotopic (exact) mass is 293 g/mol. The van der Waals surface area contributed by atoms with Gasteiger partial charge in [-0.1, -0.05) is 48.5 Å². The summed E-state index contributed by atoms with van der Waals surface area (Å²) >= 11 is 0. The van der Waals surface area contributed by atoms with Crippen molar-refractivity contribution in [2.45, 2.75) is 25.2 Å². The lowest BCUT2D eigenvalue weighted by molar-refractivity contribution is -0.122. The molecule has 1 unspecified atom stereocenters. The van der Waals surface area contributed by atoms with Gasteiger partial charge in [-0.2, -0.15) is 0 Å². The fourth-order valence-corrected chi connectivity index (χ4v) is 3.20. The Bertz CT molecular complexity index is 723. The van der Waals surface area contributed by atoms with Gasteiger partial charge in [-0.25, -0.2) is 0 Å². The van der Waals surface area contributed by atoms with Crippen LogP contribution in [0.25, 0.3) is 0 Å². The zero-order chi connectivity index (χ0) is 15.7. The first kappa shape index (κ1) is 14.5. The van der Waals surface area contributed by atoms with Crippen LogP contribution in [0.4, 0.5) is 5.69 Å². The predicted molar refractivity (Wildman–Crippen MR) is 87.2 cm³/mol. The van der Waals surface area contributed by atoms with Crippen LogP contribution in [0.15, 0.2) is 54.6 Å². The molecule has 0 N–H and O–H groups in total. The van der Waals surface area contributed by atoms with Gasteiger partial charge in [-0.15, -0.1) is 0 Å². The van der Waals surface area contributed by atoms with Crippen LogP contribution in [-0.2, 0) is 10.2 Å². The zero-order valence-corrected chi connectivity index (χ0v) is 12.9.